The summed E-state index contributed by atoms with van der Waals surface area (Å²) in [6.07, 6.45) is 7.44. The van der Waals surface area contributed by atoms with Gasteiger partial charge in [0.1, 0.15) is 6.04 Å². The zero-order valence-electron chi connectivity index (χ0n) is 18.5. The van der Waals surface area contributed by atoms with Crippen molar-refractivity contribution in [1.29, 1.82) is 0 Å². The van der Waals surface area contributed by atoms with Crippen LogP contribution in [0.15, 0.2) is 52.1 Å². The Kier molecular flexibility index (Phi) is 5.76. The van der Waals surface area contributed by atoms with Gasteiger partial charge in [-0.1, -0.05) is 6.07 Å². The normalized spacial score (nSPS) is 17.1. The van der Waals surface area contributed by atoms with Gasteiger partial charge in [0.2, 0.25) is 0 Å². The van der Waals surface area contributed by atoms with Crippen LogP contribution in [-0.4, -0.2) is 67.8 Å². The lowest BCUT2D eigenvalue weighted by Crippen LogP contribution is -2.50. The first kappa shape index (κ1) is 21.3. The fourth-order valence-electron chi connectivity index (χ4n) is 3.91. The summed E-state index contributed by atoms with van der Waals surface area (Å²) in [6, 6.07) is 3.36. The Morgan fingerprint density at radius 2 is 2.16 bits per heavy atom. The van der Waals surface area contributed by atoms with Gasteiger partial charge in [0.05, 0.1) is 17.5 Å². The molecule has 10 nitrogen and oxygen atoms in total. The molecule has 4 rings (SSSR count). The molecule has 0 aliphatic carbocycles. The number of nitrogens with two attached hydrogens (primary N) is 1. The average molecular weight is 435 g/mol. The maximum absolute atomic E-state index is 13.5. The summed E-state index contributed by atoms with van der Waals surface area (Å²) in [5, 5.41) is 14.5. The van der Waals surface area contributed by atoms with Gasteiger partial charge in [-0.25, -0.2) is 0 Å². The van der Waals surface area contributed by atoms with E-state index in [1.54, 1.807) is 23.5 Å². The number of nitrogens with one attached hydrogen (secondary N) is 1. The molecule has 0 spiro atoms. The standard InChI is InChI=1S/C22H26N8O2/c1-13-6-5-8-24-17(13)10-16(23)19-18(29(3)4)14(2)7-9-30(19)22(31)21-28-27-20(32-21)15-11-25-26-12-15/h5-6,8,10-12,19H,7,9,23H2,1-4H3,(H,25,26)/b16-10-/t19-/m1/s1. The monoisotopic (exact) mass is 434 g/mol. The van der Waals surface area contributed by atoms with Crippen LogP contribution < -0.4 is 5.73 Å². The molecular weight excluding hydrogens is 408 g/mol. The number of aromatic amines is 1. The minimum atomic E-state index is -0.489. The molecule has 166 valence electrons. The Bertz CT molecular complexity index is 1180. The summed E-state index contributed by atoms with van der Waals surface area (Å²) >= 11 is 0. The molecule has 0 unspecified atom stereocenters. The van der Waals surface area contributed by atoms with Crippen molar-refractivity contribution >= 4 is 12.0 Å². The first-order valence-corrected chi connectivity index (χ1v) is 10.3. The molecule has 0 aromatic carbocycles. The maximum atomic E-state index is 13.5. The van der Waals surface area contributed by atoms with Gasteiger partial charge in [-0.15, -0.1) is 10.2 Å². The smallest absolute Gasteiger partial charge is 0.312 e. The van der Waals surface area contributed by atoms with Crippen molar-refractivity contribution in [3.8, 4) is 11.5 Å². The Morgan fingerprint density at radius 1 is 1.34 bits per heavy atom. The second-order valence-corrected chi connectivity index (χ2v) is 7.96. The second-order valence-electron chi connectivity index (χ2n) is 7.96. The Morgan fingerprint density at radius 3 is 2.84 bits per heavy atom. The lowest BCUT2D eigenvalue weighted by Gasteiger charge is -2.40. The largest absolute Gasteiger partial charge is 0.412 e. The topological polar surface area (TPSA) is 130 Å². The van der Waals surface area contributed by atoms with Crippen molar-refractivity contribution in [2.45, 2.75) is 26.3 Å². The number of carbonyl (C=O) groups excluding carboxylic acids is 1. The molecule has 1 amide bonds. The quantitative estimate of drug-likeness (QED) is 0.625. The number of rotatable bonds is 5. The van der Waals surface area contributed by atoms with Crippen molar-refractivity contribution in [2.24, 2.45) is 5.73 Å². The van der Waals surface area contributed by atoms with Crippen LogP contribution in [0.1, 0.15) is 35.3 Å². The molecule has 0 saturated carbocycles. The minimum Gasteiger partial charge on any atom is -0.412 e. The highest BCUT2D eigenvalue weighted by Gasteiger charge is 2.37. The van der Waals surface area contributed by atoms with Crippen molar-refractivity contribution < 1.29 is 9.21 Å². The van der Waals surface area contributed by atoms with Crippen LogP contribution in [0.25, 0.3) is 17.5 Å². The number of hydrogen-bond acceptors (Lipinski definition) is 8. The summed E-state index contributed by atoms with van der Waals surface area (Å²) in [7, 11) is 3.89. The summed E-state index contributed by atoms with van der Waals surface area (Å²) in [5.41, 5.74) is 11.6. The molecule has 3 N–H and O–H groups in total. The van der Waals surface area contributed by atoms with Gasteiger partial charge in [-0.2, -0.15) is 5.10 Å². The molecular formula is C22H26N8O2. The van der Waals surface area contributed by atoms with E-state index < -0.39 is 6.04 Å². The van der Waals surface area contributed by atoms with Crippen LogP contribution in [0.2, 0.25) is 0 Å². The van der Waals surface area contributed by atoms with Crippen LogP contribution in [-0.2, 0) is 0 Å². The molecule has 10 heteroatoms. The maximum Gasteiger partial charge on any atom is 0.312 e. The van der Waals surface area contributed by atoms with Gasteiger partial charge < -0.3 is 20.0 Å². The molecule has 0 fully saturated rings. The van der Waals surface area contributed by atoms with Crippen molar-refractivity contribution in [2.75, 3.05) is 20.6 Å². The van der Waals surface area contributed by atoms with Crippen molar-refractivity contribution in [1.82, 2.24) is 35.2 Å². The fourth-order valence-corrected chi connectivity index (χ4v) is 3.91. The van der Waals surface area contributed by atoms with Crippen LogP contribution in [0.5, 0.6) is 0 Å². The number of H-pyrrole nitrogens is 1. The molecule has 3 aromatic heterocycles. The Balaban J connectivity index is 1.73. The van der Waals surface area contributed by atoms with E-state index in [1.165, 1.54) is 5.57 Å². The van der Waals surface area contributed by atoms with E-state index in [1.807, 2.05) is 44.1 Å². The Hall–Kier alpha value is -3.95. The van der Waals surface area contributed by atoms with Crippen LogP contribution in [0.4, 0.5) is 0 Å². The summed E-state index contributed by atoms with van der Waals surface area (Å²) < 4.78 is 5.66. The number of hydrogen-bond donors (Lipinski definition) is 2. The van der Waals surface area contributed by atoms with Gasteiger partial charge >= 0.3 is 11.8 Å². The van der Waals surface area contributed by atoms with Gasteiger partial charge in [0.25, 0.3) is 5.89 Å². The SMILES string of the molecule is CC1=C(N(C)C)[C@@H](/C(N)=C/c2ncccc2C)N(C(=O)c2nnc(-c3cn[nH]c3)o2)CC1. The number of amides is 1. The number of likely N-dealkylation sites (N-methyl/N-ethyl adjacent to an activating group) is 1. The Labute approximate surface area is 185 Å². The first-order valence-electron chi connectivity index (χ1n) is 10.3. The molecule has 32 heavy (non-hydrogen) atoms. The van der Waals surface area contributed by atoms with E-state index in [0.717, 1.165) is 17.0 Å². The zero-order chi connectivity index (χ0) is 22.8. The molecule has 0 radical (unpaired) electrons. The van der Waals surface area contributed by atoms with E-state index in [2.05, 4.69) is 32.3 Å². The third kappa shape index (κ3) is 3.98. The molecule has 1 aliphatic heterocycles. The predicted molar refractivity (Wildman–Crippen MR) is 119 cm³/mol. The number of aromatic nitrogens is 5. The van der Waals surface area contributed by atoms with E-state index >= 15 is 0 Å². The number of carbonyl (C=O) groups is 1. The summed E-state index contributed by atoms with van der Waals surface area (Å²) in [4.78, 5) is 21.6. The summed E-state index contributed by atoms with van der Waals surface area (Å²) in [5.74, 6) is -0.244. The molecule has 3 aromatic rings. The lowest BCUT2D eigenvalue weighted by molar-refractivity contribution is 0.0657. The van der Waals surface area contributed by atoms with Gasteiger partial charge in [0.15, 0.2) is 0 Å². The zero-order valence-corrected chi connectivity index (χ0v) is 18.5. The molecule has 0 saturated heterocycles. The van der Waals surface area contributed by atoms with Crippen LogP contribution in [0, 0.1) is 6.92 Å². The number of nitrogens with zero attached hydrogens (tertiary/aromatic N) is 6. The molecule has 1 atom stereocenters. The lowest BCUT2D eigenvalue weighted by atomic mass is 9.95. The fraction of sp³-hybridized carbons (Fsp3) is 0.318. The number of pyridine rings is 1. The van der Waals surface area contributed by atoms with Crippen LogP contribution in [0.3, 0.4) is 0 Å². The van der Waals surface area contributed by atoms with E-state index in [-0.39, 0.29) is 17.7 Å². The van der Waals surface area contributed by atoms with Crippen molar-refractivity contribution in [3.63, 3.8) is 0 Å². The highest BCUT2D eigenvalue weighted by atomic mass is 16.4. The second kappa shape index (κ2) is 8.66. The predicted octanol–water partition coefficient (Wildman–Crippen LogP) is 2.21. The minimum absolute atomic E-state index is 0.0920. The first-order chi connectivity index (χ1) is 15.4. The molecule has 4 heterocycles. The third-order valence-corrected chi connectivity index (χ3v) is 5.50. The average Bonchev–Trinajstić information content (AvgIpc) is 3.46. The number of aryl methyl sites for hydroxylation is 1. The van der Waals surface area contributed by atoms with E-state index in [0.29, 0.717) is 24.2 Å². The highest BCUT2D eigenvalue weighted by molar-refractivity contribution is 5.91. The van der Waals surface area contributed by atoms with Crippen molar-refractivity contribution in [3.05, 3.63) is 64.8 Å². The van der Waals surface area contributed by atoms with E-state index in [9.17, 15) is 4.79 Å². The van der Waals surface area contributed by atoms with Gasteiger partial charge in [0, 0.05) is 44.4 Å². The van der Waals surface area contributed by atoms with Gasteiger partial charge in [-0.05, 0) is 43.5 Å². The van der Waals surface area contributed by atoms with E-state index in [4.69, 9.17) is 10.2 Å². The molecule has 0 bridgehead atoms. The highest BCUT2D eigenvalue weighted by Crippen LogP contribution is 2.31. The molecule has 1 aliphatic rings. The third-order valence-electron chi connectivity index (χ3n) is 5.50. The van der Waals surface area contributed by atoms with Gasteiger partial charge in [-0.3, -0.25) is 14.9 Å². The summed E-state index contributed by atoms with van der Waals surface area (Å²) in [6.45, 7) is 4.51. The van der Waals surface area contributed by atoms with Crippen LogP contribution >= 0.6 is 0 Å².